The Morgan fingerprint density at radius 2 is 1.92 bits per heavy atom. The lowest BCUT2D eigenvalue weighted by atomic mass is 10.2. The van der Waals surface area contributed by atoms with Gasteiger partial charge in [-0.3, -0.25) is 0 Å². The summed E-state index contributed by atoms with van der Waals surface area (Å²) in [5.74, 6) is 0. The van der Waals surface area contributed by atoms with Crippen LogP contribution >= 0.6 is 11.3 Å². The van der Waals surface area contributed by atoms with Crippen molar-refractivity contribution in [1.82, 2.24) is 20.6 Å². The molecule has 0 spiro atoms. The number of carbonyl (C=O) groups excluding carboxylic acids is 1. The number of hydrogen-bond donors (Lipinski definition) is 3. The maximum Gasteiger partial charge on any atom is 0.314 e. The van der Waals surface area contributed by atoms with Gasteiger partial charge in [-0.05, 0) is 31.4 Å². The van der Waals surface area contributed by atoms with Crippen molar-refractivity contribution in [3.8, 4) is 0 Å². The van der Waals surface area contributed by atoms with Crippen LogP contribution in [0.3, 0.4) is 0 Å². The van der Waals surface area contributed by atoms with Crippen molar-refractivity contribution in [1.29, 1.82) is 0 Å². The molecule has 3 aromatic rings. The summed E-state index contributed by atoms with van der Waals surface area (Å²) < 4.78 is 0. The van der Waals surface area contributed by atoms with E-state index in [1.807, 2.05) is 26.0 Å². The van der Waals surface area contributed by atoms with Crippen molar-refractivity contribution in [2.45, 2.75) is 26.7 Å². The summed E-state index contributed by atoms with van der Waals surface area (Å²) in [6.07, 6.45) is 1.61. The normalized spacial score (nSPS) is 10.9. The molecular weight excluding hydrogens is 320 g/mol. The van der Waals surface area contributed by atoms with Crippen molar-refractivity contribution in [3.05, 3.63) is 51.6 Å². The quantitative estimate of drug-likeness (QED) is 0.643. The minimum absolute atomic E-state index is 0.120. The fraction of sp³-hybridized carbons (Fsp3) is 0.333. The first kappa shape index (κ1) is 16.5. The molecular formula is C18H22N4OS. The van der Waals surface area contributed by atoms with Gasteiger partial charge in [0, 0.05) is 42.0 Å². The molecule has 0 radical (unpaired) electrons. The number of aromatic nitrogens is 2. The zero-order valence-corrected chi connectivity index (χ0v) is 14.8. The third kappa shape index (κ3) is 4.14. The number of urea groups is 1. The van der Waals surface area contributed by atoms with Gasteiger partial charge in [0.2, 0.25) is 0 Å². The molecule has 5 nitrogen and oxygen atoms in total. The molecule has 0 aliphatic rings. The lowest BCUT2D eigenvalue weighted by molar-refractivity contribution is 0.241. The number of nitrogens with zero attached hydrogens (tertiary/aromatic N) is 1. The molecule has 0 unspecified atom stereocenters. The summed E-state index contributed by atoms with van der Waals surface area (Å²) >= 11 is 1.70. The van der Waals surface area contributed by atoms with Gasteiger partial charge in [-0.1, -0.05) is 18.2 Å². The molecule has 0 aliphatic carbocycles. The van der Waals surface area contributed by atoms with E-state index in [1.165, 1.54) is 10.3 Å². The molecule has 24 heavy (non-hydrogen) atoms. The standard InChI is InChI=1S/C18H22N4OS/c1-12-17(24-13(2)21-12)8-10-20-18(23)19-9-7-15-11-14-5-3-4-6-16(14)22-15/h3-6,11,22H,7-10H2,1-2H3,(H2,19,20,23). The molecule has 3 N–H and O–H groups in total. The summed E-state index contributed by atoms with van der Waals surface area (Å²) in [5.41, 5.74) is 3.33. The van der Waals surface area contributed by atoms with Crippen LogP contribution in [0.5, 0.6) is 0 Å². The number of carbonyl (C=O) groups is 1. The smallest absolute Gasteiger partial charge is 0.314 e. The zero-order chi connectivity index (χ0) is 16.9. The molecule has 0 fully saturated rings. The van der Waals surface area contributed by atoms with Crippen LogP contribution < -0.4 is 10.6 Å². The Labute approximate surface area is 145 Å². The molecule has 0 aliphatic heterocycles. The Morgan fingerprint density at radius 3 is 2.62 bits per heavy atom. The van der Waals surface area contributed by atoms with Crippen LogP contribution in [0.2, 0.25) is 0 Å². The van der Waals surface area contributed by atoms with E-state index in [0.717, 1.165) is 34.8 Å². The predicted molar refractivity (Wildman–Crippen MR) is 98.7 cm³/mol. The van der Waals surface area contributed by atoms with E-state index in [1.54, 1.807) is 11.3 Å². The van der Waals surface area contributed by atoms with Crippen molar-refractivity contribution >= 4 is 28.3 Å². The molecule has 2 aromatic heterocycles. The van der Waals surface area contributed by atoms with Gasteiger partial charge >= 0.3 is 6.03 Å². The predicted octanol–water partition coefficient (Wildman–Crippen LogP) is 3.33. The number of benzene rings is 1. The lowest BCUT2D eigenvalue weighted by Gasteiger charge is -2.06. The van der Waals surface area contributed by atoms with Crippen molar-refractivity contribution in [2.75, 3.05) is 13.1 Å². The van der Waals surface area contributed by atoms with Crippen LogP contribution in [0.25, 0.3) is 10.9 Å². The minimum atomic E-state index is -0.120. The first-order chi connectivity index (χ1) is 11.6. The second-order valence-corrected chi connectivity index (χ2v) is 7.09. The summed E-state index contributed by atoms with van der Waals surface area (Å²) in [7, 11) is 0. The Kier molecular flexibility index (Phi) is 5.15. The third-order valence-corrected chi connectivity index (χ3v) is 5.04. The molecule has 0 saturated carbocycles. The minimum Gasteiger partial charge on any atom is -0.358 e. The molecule has 1 aromatic carbocycles. The van der Waals surface area contributed by atoms with Crippen LogP contribution in [0.4, 0.5) is 4.79 Å². The number of H-pyrrole nitrogens is 1. The fourth-order valence-electron chi connectivity index (χ4n) is 2.74. The number of nitrogens with one attached hydrogen (secondary N) is 3. The molecule has 0 atom stereocenters. The number of hydrogen-bond acceptors (Lipinski definition) is 3. The highest BCUT2D eigenvalue weighted by molar-refractivity contribution is 7.11. The monoisotopic (exact) mass is 342 g/mol. The van der Waals surface area contributed by atoms with E-state index in [-0.39, 0.29) is 6.03 Å². The average Bonchev–Trinajstić information content (AvgIpc) is 3.09. The van der Waals surface area contributed by atoms with E-state index in [0.29, 0.717) is 13.1 Å². The second kappa shape index (κ2) is 7.49. The number of para-hydroxylation sites is 1. The van der Waals surface area contributed by atoms with Gasteiger partial charge in [-0.15, -0.1) is 11.3 Å². The maximum atomic E-state index is 11.8. The summed E-state index contributed by atoms with van der Waals surface area (Å²) in [6.45, 7) is 5.25. The summed E-state index contributed by atoms with van der Waals surface area (Å²) in [5, 5.41) is 8.07. The third-order valence-electron chi connectivity index (χ3n) is 3.90. The van der Waals surface area contributed by atoms with Gasteiger partial charge in [0.25, 0.3) is 0 Å². The molecule has 0 bridgehead atoms. The van der Waals surface area contributed by atoms with E-state index < -0.39 is 0 Å². The fourth-order valence-corrected chi connectivity index (χ4v) is 3.67. The largest absolute Gasteiger partial charge is 0.358 e. The number of fused-ring (bicyclic) bond motifs is 1. The van der Waals surface area contributed by atoms with Crippen LogP contribution in [-0.2, 0) is 12.8 Å². The van der Waals surface area contributed by atoms with Gasteiger partial charge in [-0.25, -0.2) is 9.78 Å². The Balaban J connectivity index is 1.38. The average molecular weight is 342 g/mol. The Morgan fingerprint density at radius 1 is 1.17 bits per heavy atom. The van der Waals surface area contributed by atoms with Gasteiger partial charge in [0.15, 0.2) is 0 Å². The maximum absolute atomic E-state index is 11.8. The summed E-state index contributed by atoms with van der Waals surface area (Å²) in [4.78, 5) is 20.8. The van der Waals surface area contributed by atoms with E-state index in [2.05, 4.69) is 38.8 Å². The molecule has 0 saturated heterocycles. The molecule has 3 rings (SSSR count). The highest BCUT2D eigenvalue weighted by Crippen LogP contribution is 2.17. The number of amides is 2. The Bertz CT molecular complexity index is 804. The van der Waals surface area contributed by atoms with Crippen LogP contribution in [-0.4, -0.2) is 29.1 Å². The Hall–Kier alpha value is -2.34. The van der Waals surface area contributed by atoms with Gasteiger partial charge in [-0.2, -0.15) is 0 Å². The van der Waals surface area contributed by atoms with Gasteiger partial charge in [0.05, 0.1) is 10.7 Å². The molecule has 2 heterocycles. The lowest BCUT2D eigenvalue weighted by Crippen LogP contribution is -2.37. The van der Waals surface area contributed by atoms with Crippen LogP contribution in [0, 0.1) is 13.8 Å². The van der Waals surface area contributed by atoms with Crippen molar-refractivity contribution < 1.29 is 4.79 Å². The van der Waals surface area contributed by atoms with Gasteiger partial charge in [0.1, 0.15) is 0 Å². The van der Waals surface area contributed by atoms with E-state index >= 15 is 0 Å². The topological polar surface area (TPSA) is 69.8 Å². The van der Waals surface area contributed by atoms with Crippen LogP contribution in [0.15, 0.2) is 30.3 Å². The first-order valence-corrected chi connectivity index (χ1v) is 8.94. The first-order valence-electron chi connectivity index (χ1n) is 8.13. The van der Waals surface area contributed by atoms with Crippen molar-refractivity contribution in [3.63, 3.8) is 0 Å². The molecule has 2 amide bonds. The molecule has 126 valence electrons. The molecule has 6 heteroatoms. The summed E-state index contributed by atoms with van der Waals surface area (Å²) in [6, 6.07) is 10.2. The SMILES string of the molecule is Cc1nc(C)c(CCNC(=O)NCCc2cc3ccccc3[nH]2)s1. The van der Waals surface area contributed by atoms with E-state index in [9.17, 15) is 4.79 Å². The zero-order valence-electron chi connectivity index (χ0n) is 14.0. The number of aryl methyl sites for hydroxylation is 2. The van der Waals surface area contributed by atoms with Crippen LogP contribution in [0.1, 0.15) is 21.3 Å². The number of thiazole rings is 1. The number of aromatic amines is 1. The van der Waals surface area contributed by atoms with E-state index in [4.69, 9.17) is 0 Å². The van der Waals surface area contributed by atoms with Gasteiger partial charge < -0.3 is 15.6 Å². The second-order valence-electron chi connectivity index (χ2n) is 5.81. The highest BCUT2D eigenvalue weighted by atomic mass is 32.1. The highest BCUT2D eigenvalue weighted by Gasteiger charge is 2.06. The number of rotatable bonds is 6. The van der Waals surface area contributed by atoms with Crippen molar-refractivity contribution in [2.24, 2.45) is 0 Å².